The number of hydrogen-bond acceptors (Lipinski definition) is 3. The Hall–Kier alpha value is -1.58. The van der Waals surface area contributed by atoms with Gasteiger partial charge in [0.1, 0.15) is 5.75 Å². The van der Waals surface area contributed by atoms with Crippen LogP contribution in [0.5, 0.6) is 5.75 Å². The van der Waals surface area contributed by atoms with E-state index in [4.69, 9.17) is 4.74 Å². The van der Waals surface area contributed by atoms with Gasteiger partial charge in [-0.25, -0.2) is 0 Å². The summed E-state index contributed by atoms with van der Waals surface area (Å²) in [5.74, 6) is 0.728. The first-order chi connectivity index (χ1) is 8.27. The van der Waals surface area contributed by atoms with Crippen LogP contribution in [0.15, 0.2) is 36.4 Å². The fourth-order valence-corrected chi connectivity index (χ4v) is 2.09. The number of aliphatic hydroxyl groups excluding tert-OH is 1. The summed E-state index contributed by atoms with van der Waals surface area (Å²) in [6, 6.07) is 11.9. The lowest BCUT2D eigenvalue weighted by molar-refractivity contribution is 0.175. The number of methoxy groups -OCH3 is 1. The lowest BCUT2D eigenvalue weighted by Crippen LogP contribution is -2.17. The second-order valence-electron chi connectivity index (χ2n) is 3.98. The maximum Gasteiger partial charge on any atom is 0.125 e. The van der Waals surface area contributed by atoms with Crippen LogP contribution < -0.4 is 10.1 Å². The highest BCUT2D eigenvalue weighted by atomic mass is 16.5. The SMILES string of the molecule is CNCC(O)c1c(OC)ccc2ccccc12. The number of hydrogen-bond donors (Lipinski definition) is 2. The molecule has 0 saturated carbocycles. The summed E-state index contributed by atoms with van der Waals surface area (Å²) in [5, 5.41) is 15.3. The summed E-state index contributed by atoms with van der Waals surface area (Å²) >= 11 is 0. The molecule has 0 spiro atoms. The first-order valence-corrected chi connectivity index (χ1v) is 5.66. The van der Waals surface area contributed by atoms with E-state index >= 15 is 0 Å². The summed E-state index contributed by atoms with van der Waals surface area (Å²) in [4.78, 5) is 0. The van der Waals surface area contributed by atoms with Crippen molar-refractivity contribution in [3.8, 4) is 5.75 Å². The molecule has 0 aliphatic heterocycles. The third kappa shape index (κ3) is 2.25. The van der Waals surface area contributed by atoms with Crippen molar-refractivity contribution in [2.45, 2.75) is 6.10 Å². The Labute approximate surface area is 101 Å². The summed E-state index contributed by atoms with van der Waals surface area (Å²) in [7, 11) is 3.44. The standard InChI is InChI=1S/C14H17NO2/c1-15-9-12(16)14-11-6-4-3-5-10(11)7-8-13(14)17-2/h3-8,12,15-16H,9H2,1-2H3. The number of aliphatic hydroxyl groups is 1. The van der Waals surface area contributed by atoms with Crippen molar-refractivity contribution in [3.05, 3.63) is 42.0 Å². The van der Waals surface area contributed by atoms with Crippen LogP contribution in [0.2, 0.25) is 0 Å². The molecule has 3 nitrogen and oxygen atoms in total. The Morgan fingerprint density at radius 1 is 1.24 bits per heavy atom. The van der Waals surface area contributed by atoms with Gasteiger partial charge in [-0.1, -0.05) is 30.3 Å². The van der Waals surface area contributed by atoms with Gasteiger partial charge < -0.3 is 15.2 Å². The first kappa shape index (κ1) is 11.9. The molecule has 2 aromatic carbocycles. The average molecular weight is 231 g/mol. The molecule has 90 valence electrons. The third-order valence-electron chi connectivity index (χ3n) is 2.88. The number of likely N-dealkylation sites (N-methyl/N-ethyl adjacent to an activating group) is 1. The van der Waals surface area contributed by atoms with Crippen LogP contribution in [-0.4, -0.2) is 25.8 Å². The van der Waals surface area contributed by atoms with Crippen LogP contribution >= 0.6 is 0 Å². The van der Waals surface area contributed by atoms with Crippen LogP contribution in [-0.2, 0) is 0 Å². The molecule has 0 saturated heterocycles. The number of fused-ring (bicyclic) bond motifs is 1. The van der Waals surface area contributed by atoms with Crippen LogP contribution in [0, 0.1) is 0 Å². The van der Waals surface area contributed by atoms with Gasteiger partial charge in [0.15, 0.2) is 0 Å². The van der Waals surface area contributed by atoms with Crippen molar-refractivity contribution in [2.24, 2.45) is 0 Å². The second-order valence-corrected chi connectivity index (χ2v) is 3.98. The number of rotatable bonds is 4. The lowest BCUT2D eigenvalue weighted by atomic mass is 9.99. The van der Waals surface area contributed by atoms with Gasteiger partial charge in [0.25, 0.3) is 0 Å². The van der Waals surface area contributed by atoms with Gasteiger partial charge in [-0.3, -0.25) is 0 Å². The Morgan fingerprint density at radius 2 is 2.00 bits per heavy atom. The van der Waals surface area contributed by atoms with E-state index < -0.39 is 6.10 Å². The summed E-state index contributed by atoms with van der Waals surface area (Å²) in [5.41, 5.74) is 0.847. The van der Waals surface area contributed by atoms with E-state index in [1.807, 2.05) is 43.4 Å². The van der Waals surface area contributed by atoms with Crippen molar-refractivity contribution in [3.63, 3.8) is 0 Å². The Bertz CT molecular complexity index is 511. The van der Waals surface area contributed by atoms with Crippen molar-refractivity contribution >= 4 is 10.8 Å². The fourth-order valence-electron chi connectivity index (χ4n) is 2.09. The Balaban J connectivity index is 2.62. The summed E-state index contributed by atoms with van der Waals surface area (Å²) in [6.45, 7) is 0.504. The molecule has 0 amide bonds. The number of benzene rings is 2. The van der Waals surface area contributed by atoms with Crippen LogP contribution in [0.3, 0.4) is 0 Å². The highest BCUT2D eigenvalue weighted by molar-refractivity contribution is 5.88. The largest absolute Gasteiger partial charge is 0.496 e. The average Bonchev–Trinajstić information content (AvgIpc) is 2.37. The molecule has 3 heteroatoms. The van der Waals surface area contributed by atoms with Crippen molar-refractivity contribution in [1.82, 2.24) is 5.32 Å². The molecular weight excluding hydrogens is 214 g/mol. The van der Waals surface area contributed by atoms with Crippen molar-refractivity contribution in [1.29, 1.82) is 0 Å². The monoisotopic (exact) mass is 231 g/mol. The first-order valence-electron chi connectivity index (χ1n) is 5.66. The number of nitrogens with one attached hydrogen (secondary N) is 1. The van der Waals surface area contributed by atoms with E-state index in [-0.39, 0.29) is 0 Å². The van der Waals surface area contributed by atoms with Gasteiger partial charge in [-0.2, -0.15) is 0 Å². The highest BCUT2D eigenvalue weighted by Gasteiger charge is 2.15. The molecular formula is C14H17NO2. The normalized spacial score (nSPS) is 12.6. The predicted octanol–water partition coefficient (Wildman–Crippen LogP) is 2.10. The molecule has 2 rings (SSSR count). The van der Waals surface area contributed by atoms with E-state index in [9.17, 15) is 5.11 Å². The Morgan fingerprint density at radius 3 is 2.71 bits per heavy atom. The molecule has 0 bridgehead atoms. The molecule has 0 aliphatic carbocycles. The molecule has 2 N–H and O–H groups in total. The quantitative estimate of drug-likeness (QED) is 0.846. The minimum Gasteiger partial charge on any atom is -0.496 e. The lowest BCUT2D eigenvalue weighted by Gasteiger charge is -2.17. The molecule has 0 aliphatic rings. The molecule has 0 heterocycles. The zero-order chi connectivity index (χ0) is 12.3. The number of ether oxygens (including phenoxy) is 1. The van der Waals surface area contributed by atoms with Gasteiger partial charge in [0.2, 0.25) is 0 Å². The van der Waals surface area contributed by atoms with Gasteiger partial charge in [-0.15, -0.1) is 0 Å². The van der Waals surface area contributed by atoms with E-state index in [0.717, 1.165) is 22.1 Å². The molecule has 0 fully saturated rings. The van der Waals surface area contributed by atoms with Gasteiger partial charge in [0.05, 0.1) is 13.2 Å². The van der Waals surface area contributed by atoms with E-state index in [1.54, 1.807) is 7.11 Å². The van der Waals surface area contributed by atoms with Crippen LogP contribution in [0.25, 0.3) is 10.8 Å². The van der Waals surface area contributed by atoms with E-state index in [1.165, 1.54) is 0 Å². The van der Waals surface area contributed by atoms with Crippen LogP contribution in [0.4, 0.5) is 0 Å². The van der Waals surface area contributed by atoms with Gasteiger partial charge in [0, 0.05) is 12.1 Å². The molecule has 0 aromatic heterocycles. The minimum absolute atomic E-state index is 0.504. The third-order valence-corrected chi connectivity index (χ3v) is 2.88. The highest BCUT2D eigenvalue weighted by Crippen LogP contribution is 2.32. The van der Waals surface area contributed by atoms with E-state index in [0.29, 0.717) is 6.54 Å². The van der Waals surface area contributed by atoms with Crippen LogP contribution in [0.1, 0.15) is 11.7 Å². The molecule has 17 heavy (non-hydrogen) atoms. The summed E-state index contributed by atoms with van der Waals surface area (Å²) < 4.78 is 5.33. The topological polar surface area (TPSA) is 41.5 Å². The predicted molar refractivity (Wildman–Crippen MR) is 69.4 cm³/mol. The smallest absolute Gasteiger partial charge is 0.125 e. The fraction of sp³-hybridized carbons (Fsp3) is 0.286. The van der Waals surface area contributed by atoms with E-state index in [2.05, 4.69) is 5.32 Å². The van der Waals surface area contributed by atoms with Crippen molar-refractivity contribution in [2.75, 3.05) is 20.7 Å². The zero-order valence-corrected chi connectivity index (χ0v) is 10.1. The Kier molecular flexibility index (Phi) is 3.61. The zero-order valence-electron chi connectivity index (χ0n) is 10.1. The molecule has 2 aromatic rings. The van der Waals surface area contributed by atoms with Crippen molar-refractivity contribution < 1.29 is 9.84 Å². The molecule has 1 atom stereocenters. The molecule has 1 unspecified atom stereocenters. The molecule has 0 radical (unpaired) electrons. The second kappa shape index (κ2) is 5.17. The summed E-state index contributed by atoms with van der Waals surface area (Å²) in [6.07, 6.45) is -0.568. The van der Waals surface area contributed by atoms with Gasteiger partial charge in [-0.05, 0) is 23.9 Å². The maximum atomic E-state index is 10.2. The van der Waals surface area contributed by atoms with Gasteiger partial charge >= 0.3 is 0 Å². The minimum atomic E-state index is -0.568. The maximum absolute atomic E-state index is 10.2.